The second-order valence-corrected chi connectivity index (χ2v) is 6.95. The van der Waals surface area contributed by atoms with Crippen LogP contribution in [-0.4, -0.2) is 65.4 Å². The molecule has 8 heteroatoms. The lowest BCUT2D eigenvalue weighted by atomic mass is 10.2. The summed E-state index contributed by atoms with van der Waals surface area (Å²) in [6.45, 7) is 11.6. The number of nitrogens with zero attached hydrogens (tertiary/aromatic N) is 3. The van der Waals surface area contributed by atoms with Crippen molar-refractivity contribution in [2.45, 2.75) is 46.6 Å². The van der Waals surface area contributed by atoms with Gasteiger partial charge < -0.3 is 19.5 Å². The lowest BCUT2D eigenvalue weighted by molar-refractivity contribution is -0.143. The van der Waals surface area contributed by atoms with E-state index in [1.807, 2.05) is 20.8 Å². The van der Waals surface area contributed by atoms with Gasteiger partial charge in [0.1, 0.15) is 5.76 Å². The Morgan fingerprint density at radius 3 is 2.81 bits per heavy atom. The number of ether oxygens (including phenoxy) is 1. The molecule has 1 aromatic heterocycles. The smallest absolute Gasteiger partial charge is 0.305 e. The molecule has 0 unspecified atom stereocenters. The van der Waals surface area contributed by atoms with E-state index in [0.29, 0.717) is 19.6 Å². The van der Waals surface area contributed by atoms with Crippen LogP contribution in [0.2, 0.25) is 0 Å². The second-order valence-electron chi connectivity index (χ2n) is 6.56. The molecule has 0 radical (unpaired) electrons. The van der Waals surface area contributed by atoms with Crippen LogP contribution in [0.3, 0.4) is 0 Å². The summed E-state index contributed by atoms with van der Waals surface area (Å²) < 4.78 is 10.2. The number of aryl methyl sites for hydroxylation is 2. The molecule has 0 bridgehead atoms. The molecule has 0 saturated carbocycles. The van der Waals surface area contributed by atoms with Crippen molar-refractivity contribution in [3.05, 3.63) is 17.0 Å². The van der Waals surface area contributed by atoms with Crippen LogP contribution in [0.4, 0.5) is 0 Å². The fourth-order valence-corrected chi connectivity index (χ4v) is 3.34. The zero-order valence-corrected chi connectivity index (χ0v) is 16.9. The maximum Gasteiger partial charge on any atom is 0.305 e. The van der Waals surface area contributed by atoms with E-state index in [2.05, 4.69) is 20.3 Å². The lowest BCUT2D eigenvalue weighted by Crippen LogP contribution is -2.42. The maximum absolute atomic E-state index is 11.3. The van der Waals surface area contributed by atoms with E-state index >= 15 is 0 Å². The van der Waals surface area contributed by atoms with E-state index in [0.717, 1.165) is 62.1 Å². The highest BCUT2D eigenvalue weighted by atomic mass is 32.1. The third-order valence-corrected chi connectivity index (χ3v) is 4.98. The highest BCUT2D eigenvalue weighted by molar-refractivity contribution is 7.80. The monoisotopic (exact) mass is 382 g/mol. The van der Waals surface area contributed by atoms with E-state index in [1.54, 1.807) is 0 Å². The summed E-state index contributed by atoms with van der Waals surface area (Å²) in [5, 5.41) is 8.07. The van der Waals surface area contributed by atoms with Gasteiger partial charge in [0, 0.05) is 51.3 Å². The fourth-order valence-electron chi connectivity index (χ4n) is 3.06. The molecule has 7 nitrogen and oxygen atoms in total. The Labute approximate surface area is 161 Å². The SMILES string of the molecule is CCOC(=O)CCCNC(=S)N1CCCN(Cc2c(C)noc2C)CC1. The van der Waals surface area contributed by atoms with Gasteiger partial charge in [-0.3, -0.25) is 9.69 Å². The van der Waals surface area contributed by atoms with Gasteiger partial charge in [0.2, 0.25) is 0 Å². The zero-order valence-electron chi connectivity index (χ0n) is 16.0. The summed E-state index contributed by atoms with van der Waals surface area (Å²) in [5.41, 5.74) is 2.17. The number of rotatable bonds is 7. The van der Waals surface area contributed by atoms with Gasteiger partial charge in [0.15, 0.2) is 5.11 Å². The molecular weight excluding hydrogens is 352 g/mol. The molecule has 0 spiro atoms. The van der Waals surface area contributed by atoms with E-state index in [1.165, 1.54) is 5.56 Å². The highest BCUT2D eigenvalue weighted by Gasteiger charge is 2.19. The fraction of sp³-hybridized carbons (Fsp3) is 0.722. The Bertz CT molecular complexity index is 586. The molecule has 1 fully saturated rings. The second kappa shape index (κ2) is 10.5. The number of hydrogen-bond acceptors (Lipinski definition) is 6. The van der Waals surface area contributed by atoms with Crippen LogP contribution >= 0.6 is 12.2 Å². The van der Waals surface area contributed by atoms with Crippen LogP contribution in [0.1, 0.15) is 43.2 Å². The van der Waals surface area contributed by atoms with E-state index in [-0.39, 0.29) is 5.97 Å². The standard InChI is InChI=1S/C18H30N4O3S/c1-4-24-17(23)7-5-8-19-18(26)22-10-6-9-21(11-12-22)13-16-14(2)20-25-15(16)3/h4-13H2,1-3H3,(H,19,26). The molecule has 1 N–H and O–H groups in total. The van der Waals surface area contributed by atoms with E-state index in [9.17, 15) is 4.79 Å². The summed E-state index contributed by atoms with van der Waals surface area (Å²) in [7, 11) is 0. The first-order valence-corrected chi connectivity index (χ1v) is 9.74. The Kier molecular flexibility index (Phi) is 8.31. The topological polar surface area (TPSA) is 70.8 Å². The number of carbonyl (C=O) groups is 1. The zero-order chi connectivity index (χ0) is 18.9. The Hall–Kier alpha value is -1.67. The van der Waals surface area contributed by atoms with Crippen LogP contribution in [0.15, 0.2) is 4.52 Å². The van der Waals surface area contributed by atoms with Gasteiger partial charge in [-0.05, 0) is 45.8 Å². The van der Waals surface area contributed by atoms with Gasteiger partial charge in [0.25, 0.3) is 0 Å². The predicted molar refractivity (Wildman–Crippen MR) is 104 cm³/mol. The molecule has 0 aliphatic carbocycles. The molecular formula is C18H30N4O3S. The minimum Gasteiger partial charge on any atom is -0.466 e. The average molecular weight is 383 g/mol. The Morgan fingerprint density at radius 2 is 2.12 bits per heavy atom. The van der Waals surface area contributed by atoms with Crippen molar-refractivity contribution >= 4 is 23.3 Å². The molecule has 146 valence electrons. The molecule has 1 aliphatic rings. The van der Waals surface area contributed by atoms with Crippen molar-refractivity contribution in [2.24, 2.45) is 0 Å². The third-order valence-electron chi connectivity index (χ3n) is 4.58. The van der Waals surface area contributed by atoms with Gasteiger partial charge in [-0.25, -0.2) is 0 Å². The van der Waals surface area contributed by atoms with Gasteiger partial charge in [-0.2, -0.15) is 0 Å². The van der Waals surface area contributed by atoms with Crippen LogP contribution in [-0.2, 0) is 16.1 Å². The molecule has 1 saturated heterocycles. The van der Waals surface area contributed by atoms with Crippen molar-refractivity contribution in [3.63, 3.8) is 0 Å². The summed E-state index contributed by atoms with van der Waals surface area (Å²) in [4.78, 5) is 16.0. The molecule has 26 heavy (non-hydrogen) atoms. The molecule has 0 amide bonds. The number of aromatic nitrogens is 1. The van der Waals surface area contributed by atoms with Crippen molar-refractivity contribution in [3.8, 4) is 0 Å². The molecule has 1 aliphatic heterocycles. The van der Waals surface area contributed by atoms with Crippen molar-refractivity contribution in [2.75, 3.05) is 39.3 Å². The molecule has 2 heterocycles. The number of esters is 1. The first kappa shape index (κ1) is 20.6. The number of carbonyl (C=O) groups excluding carboxylic acids is 1. The number of nitrogens with one attached hydrogen (secondary N) is 1. The normalized spacial score (nSPS) is 15.6. The number of hydrogen-bond donors (Lipinski definition) is 1. The average Bonchev–Trinajstić information content (AvgIpc) is 2.81. The molecule has 0 atom stereocenters. The van der Waals surface area contributed by atoms with Crippen molar-refractivity contribution in [1.29, 1.82) is 0 Å². The van der Waals surface area contributed by atoms with E-state index < -0.39 is 0 Å². The van der Waals surface area contributed by atoms with Crippen LogP contribution in [0.25, 0.3) is 0 Å². The van der Waals surface area contributed by atoms with Gasteiger partial charge in [-0.15, -0.1) is 0 Å². The van der Waals surface area contributed by atoms with Gasteiger partial charge in [0.05, 0.1) is 12.3 Å². The molecule has 1 aromatic rings. The first-order chi connectivity index (χ1) is 12.5. The van der Waals surface area contributed by atoms with Crippen molar-refractivity contribution < 1.29 is 14.1 Å². The quantitative estimate of drug-likeness (QED) is 0.436. The highest BCUT2D eigenvalue weighted by Crippen LogP contribution is 2.16. The maximum atomic E-state index is 11.3. The summed E-state index contributed by atoms with van der Waals surface area (Å²) in [5.74, 6) is 0.757. The minimum absolute atomic E-state index is 0.148. The van der Waals surface area contributed by atoms with Gasteiger partial charge >= 0.3 is 5.97 Å². The summed E-state index contributed by atoms with van der Waals surface area (Å²) in [6, 6.07) is 0. The largest absolute Gasteiger partial charge is 0.466 e. The molecule has 0 aromatic carbocycles. The lowest BCUT2D eigenvalue weighted by Gasteiger charge is -2.24. The Balaban J connectivity index is 1.72. The molecule has 2 rings (SSSR count). The van der Waals surface area contributed by atoms with Crippen LogP contribution in [0.5, 0.6) is 0 Å². The third kappa shape index (κ3) is 6.25. The summed E-state index contributed by atoms with van der Waals surface area (Å²) >= 11 is 5.52. The Morgan fingerprint density at radius 1 is 1.31 bits per heavy atom. The minimum atomic E-state index is -0.148. The van der Waals surface area contributed by atoms with E-state index in [4.69, 9.17) is 21.5 Å². The number of thiocarbonyl (C=S) groups is 1. The van der Waals surface area contributed by atoms with Gasteiger partial charge in [-0.1, -0.05) is 5.16 Å². The van der Waals surface area contributed by atoms with Crippen LogP contribution < -0.4 is 5.32 Å². The summed E-state index contributed by atoms with van der Waals surface area (Å²) in [6.07, 6.45) is 2.22. The first-order valence-electron chi connectivity index (χ1n) is 9.33. The van der Waals surface area contributed by atoms with Crippen molar-refractivity contribution in [1.82, 2.24) is 20.3 Å². The predicted octanol–water partition coefficient (Wildman–Crippen LogP) is 2.02. The van der Waals surface area contributed by atoms with Crippen LogP contribution in [0, 0.1) is 13.8 Å².